The summed E-state index contributed by atoms with van der Waals surface area (Å²) in [4.78, 5) is 0. The van der Waals surface area contributed by atoms with Crippen molar-refractivity contribution in [1.29, 1.82) is 0 Å². The number of phenolic OH excluding ortho intramolecular Hbond substituents is 1. The monoisotopic (exact) mass is 266 g/mol. The van der Waals surface area contributed by atoms with Gasteiger partial charge in [0.05, 0.1) is 4.58 Å². The van der Waals surface area contributed by atoms with Crippen molar-refractivity contribution in [3.8, 4) is 5.75 Å². The summed E-state index contributed by atoms with van der Waals surface area (Å²) in [7, 11) is 0. The van der Waals surface area contributed by atoms with Crippen molar-refractivity contribution < 1.29 is 5.11 Å². The van der Waals surface area contributed by atoms with Crippen LogP contribution in [0.5, 0.6) is 5.75 Å². The van der Waals surface area contributed by atoms with Crippen LogP contribution in [-0.4, -0.2) is 16.6 Å². The average Bonchev–Trinajstić information content (AvgIpc) is 2.81. The van der Waals surface area contributed by atoms with E-state index in [9.17, 15) is 5.11 Å². The highest BCUT2D eigenvalue weighted by molar-refractivity contribution is 8.19. The quantitative estimate of drug-likeness (QED) is 0.820. The molecule has 3 heteroatoms. The molecule has 1 aromatic rings. The van der Waals surface area contributed by atoms with Gasteiger partial charge < -0.3 is 5.11 Å². The highest BCUT2D eigenvalue weighted by atomic mass is 32.2. The zero-order valence-corrected chi connectivity index (χ0v) is 11.9. The average molecular weight is 266 g/mol. The van der Waals surface area contributed by atoms with Gasteiger partial charge in [-0.3, -0.25) is 0 Å². The second-order valence-electron chi connectivity index (χ2n) is 4.45. The molecule has 92 valence electrons. The standard InChI is InChI=1S/C14H18OS2/c1-10(2)3-4-11-9-12(5-6-13(11)15)14-16-7-8-17-14/h3,5-6,9,14-15H,4,7-8H2,1-2H3. The number of rotatable bonds is 3. The summed E-state index contributed by atoms with van der Waals surface area (Å²) >= 11 is 4.00. The van der Waals surface area contributed by atoms with E-state index >= 15 is 0 Å². The summed E-state index contributed by atoms with van der Waals surface area (Å²) in [5, 5.41) is 9.85. The van der Waals surface area contributed by atoms with Gasteiger partial charge in [0.2, 0.25) is 0 Å². The zero-order valence-electron chi connectivity index (χ0n) is 10.3. The Hall–Kier alpha value is -0.540. The smallest absolute Gasteiger partial charge is 0.119 e. The number of hydrogen-bond acceptors (Lipinski definition) is 3. The normalized spacial score (nSPS) is 16.1. The highest BCUT2D eigenvalue weighted by Crippen LogP contribution is 2.45. The summed E-state index contributed by atoms with van der Waals surface area (Å²) in [6.45, 7) is 4.17. The molecule has 1 fully saturated rings. The van der Waals surface area contributed by atoms with E-state index < -0.39 is 0 Å². The number of thioether (sulfide) groups is 2. The van der Waals surface area contributed by atoms with Gasteiger partial charge in [0.15, 0.2) is 0 Å². The number of aromatic hydroxyl groups is 1. The fourth-order valence-corrected chi connectivity index (χ4v) is 4.62. The van der Waals surface area contributed by atoms with Crippen LogP contribution < -0.4 is 0 Å². The molecule has 1 heterocycles. The molecule has 2 rings (SSSR count). The van der Waals surface area contributed by atoms with Gasteiger partial charge in [-0.05, 0) is 43.5 Å². The molecule has 0 aliphatic carbocycles. The van der Waals surface area contributed by atoms with Crippen LogP contribution in [-0.2, 0) is 6.42 Å². The molecule has 1 aliphatic rings. The van der Waals surface area contributed by atoms with Crippen molar-refractivity contribution in [2.75, 3.05) is 11.5 Å². The minimum absolute atomic E-state index is 0.416. The molecular formula is C14H18OS2. The lowest BCUT2D eigenvalue weighted by Gasteiger charge is -2.11. The van der Waals surface area contributed by atoms with Crippen molar-refractivity contribution >= 4 is 23.5 Å². The molecule has 1 aromatic carbocycles. The molecule has 0 bridgehead atoms. The summed E-state index contributed by atoms with van der Waals surface area (Å²) in [5.74, 6) is 2.89. The summed E-state index contributed by atoms with van der Waals surface area (Å²) in [5.41, 5.74) is 3.67. The predicted molar refractivity (Wildman–Crippen MR) is 78.9 cm³/mol. The van der Waals surface area contributed by atoms with E-state index in [2.05, 4.69) is 32.1 Å². The Balaban J connectivity index is 2.19. The second-order valence-corrected chi connectivity index (χ2v) is 7.17. The highest BCUT2D eigenvalue weighted by Gasteiger charge is 2.18. The molecular weight excluding hydrogens is 248 g/mol. The molecule has 1 aliphatic heterocycles. The summed E-state index contributed by atoms with van der Waals surface area (Å²) in [6.07, 6.45) is 2.98. The van der Waals surface area contributed by atoms with Crippen molar-refractivity contribution in [3.63, 3.8) is 0 Å². The van der Waals surface area contributed by atoms with Gasteiger partial charge >= 0.3 is 0 Å². The molecule has 0 unspecified atom stereocenters. The topological polar surface area (TPSA) is 20.2 Å². The third kappa shape index (κ3) is 3.46. The van der Waals surface area contributed by atoms with E-state index in [1.807, 2.05) is 29.6 Å². The Kier molecular flexibility index (Phi) is 4.46. The lowest BCUT2D eigenvalue weighted by atomic mass is 10.1. The third-order valence-electron chi connectivity index (χ3n) is 2.73. The van der Waals surface area contributed by atoms with Gasteiger partial charge in [0.25, 0.3) is 0 Å². The van der Waals surface area contributed by atoms with Gasteiger partial charge in [-0.25, -0.2) is 0 Å². The molecule has 0 aromatic heterocycles. The van der Waals surface area contributed by atoms with E-state index in [1.54, 1.807) is 0 Å². The Morgan fingerprint density at radius 2 is 2.06 bits per heavy atom. The number of hydrogen-bond donors (Lipinski definition) is 1. The summed E-state index contributed by atoms with van der Waals surface area (Å²) in [6, 6.07) is 6.05. The van der Waals surface area contributed by atoms with E-state index in [1.165, 1.54) is 22.6 Å². The molecule has 0 spiro atoms. The van der Waals surface area contributed by atoms with Gasteiger partial charge in [-0.2, -0.15) is 0 Å². The lowest BCUT2D eigenvalue weighted by molar-refractivity contribution is 0.469. The molecule has 0 radical (unpaired) electrons. The first-order valence-electron chi connectivity index (χ1n) is 5.85. The fraction of sp³-hybridized carbons (Fsp3) is 0.429. The number of allylic oxidation sites excluding steroid dienone is 2. The van der Waals surface area contributed by atoms with Crippen LogP contribution in [0.4, 0.5) is 0 Å². The first kappa shape index (κ1) is 12.9. The minimum atomic E-state index is 0.416. The number of benzene rings is 1. The van der Waals surface area contributed by atoms with Gasteiger partial charge in [-0.1, -0.05) is 17.7 Å². The Bertz CT molecular complexity index is 416. The van der Waals surface area contributed by atoms with Crippen molar-refractivity contribution in [2.24, 2.45) is 0 Å². The van der Waals surface area contributed by atoms with Gasteiger partial charge in [0.1, 0.15) is 5.75 Å². The van der Waals surface area contributed by atoms with E-state index in [-0.39, 0.29) is 0 Å². The first-order valence-corrected chi connectivity index (χ1v) is 7.95. The van der Waals surface area contributed by atoms with Crippen molar-refractivity contribution in [2.45, 2.75) is 24.9 Å². The van der Waals surface area contributed by atoms with Crippen LogP contribution in [0, 0.1) is 0 Å². The largest absolute Gasteiger partial charge is 0.508 e. The molecule has 1 N–H and O–H groups in total. The molecule has 1 saturated heterocycles. The van der Waals surface area contributed by atoms with E-state index in [4.69, 9.17) is 0 Å². The van der Waals surface area contributed by atoms with E-state index in [0.717, 1.165) is 12.0 Å². The maximum absolute atomic E-state index is 9.85. The molecule has 0 amide bonds. The molecule has 17 heavy (non-hydrogen) atoms. The van der Waals surface area contributed by atoms with Gasteiger partial charge in [-0.15, -0.1) is 23.5 Å². The Labute approximate surface area is 112 Å². The van der Waals surface area contributed by atoms with Crippen molar-refractivity contribution in [1.82, 2.24) is 0 Å². The first-order chi connectivity index (χ1) is 8.16. The van der Waals surface area contributed by atoms with Crippen LogP contribution in [0.1, 0.15) is 29.6 Å². The van der Waals surface area contributed by atoms with Crippen LogP contribution in [0.25, 0.3) is 0 Å². The number of phenols is 1. The summed E-state index contributed by atoms with van der Waals surface area (Å²) < 4.78 is 0.557. The Morgan fingerprint density at radius 3 is 2.71 bits per heavy atom. The van der Waals surface area contributed by atoms with Crippen LogP contribution >= 0.6 is 23.5 Å². The maximum atomic E-state index is 9.85. The lowest BCUT2D eigenvalue weighted by Crippen LogP contribution is -1.90. The SMILES string of the molecule is CC(C)=CCc1cc(C2SCCS2)ccc1O. The fourth-order valence-electron chi connectivity index (χ4n) is 1.78. The molecule has 0 saturated carbocycles. The van der Waals surface area contributed by atoms with Crippen molar-refractivity contribution in [3.05, 3.63) is 41.0 Å². The van der Waals surface area contributed by atoms with Crippen LogP contribution in [0.3, 0.4) is 0 Å². The van der Waals surface area contributed by atoms with Gasteiger partial charge in [0, 0.05) is 11.5 Å². The van der Waals surface area contributed by atoms with Crippen LogP contribution in [0.15, 0.2) is 29.8 Å². The predicted octanol–water partition coefficient (Wildman–Crippen LogP) is 4.38. The Morgan fingerprint density at radius 1 is 1.35 bits per heavy atom. The van der Waals surface area contributed by atoms with E-state index in [0.29, 0.717) is 10.3 Å². The molecule has 0 atom stereocenters. The maximum Gasteiger partial charge on any atom is 0.119 e. The second kappa shape index (κ2) is 5.87. The minimum Gasteiger partial charge on any atom is -0.508 e. The zero-order chi connectivity index (χ0) is 12.3. The molecule has 1 nitrogen and oxygen atoms in total. The third-order valence-corrected chi connectivity index (χ3v) is 5.83. The van der Waals surface area contributed by atoms with Crippen LogP contribution in [0.2, 0.25) is 0 Å².